The average molecular weight is 375 g/mol. The van der Waals surface area contributed by atoms with Gasteiger partial charge in [-0.15, -0.1) is 0 Å². The first-order chi connectivity index (χ1) is 11.8. The minimum absolute atomic E-state index is 0.252. The van der Waals surface area contributed by atoms with Crippen molar-refractivity contribution in [3.63, 3.8) is 0 Å². The summed E-state index contributed by atoms with van der Waals surface area (Å²) in [4.78, 5) is 0.922. The Morgan fingerprint density at radius 2 is 1.64 bits per heavy atom. The van der Waals surface area contributed by atoms with E-state index in [1.54, 1.807) is 30.3 Å². The van der Waals surface area contributed by atoms with Crippen molar-refractivity contribution in [3.05, 3.63) is 77.7 Å². The number of rotatable bonds is 4. The van der Waals surface area contributed by atoms with Crippen LogP contribution in [0.15, 0.2) is 77.0 Å². The van der Waals surface area contributed by atoms with Crippen molar-refractivity contribution in [2.45, 2.75) is 36.1 Å². The molecule has 1 saturated heterocycles. The molecule has 0 aromatic heterocycles. The van der Waals surface area contributed by atoms with Crippen LogP contribution in [-0.2, 0) is 20.7 Å². The highest BCUT2D eigenvalue weighted by atomic mass is 32.2. The molecule has 2 aromatic carbocycles. The van der Waals surface area contributed by atoms with Gasteiger partial charge in [-0.2, -0.15) is 4.31 Å². The molecule has 1 heterocycles. The second-order valence-electron chi connectivity index (χ2n) is 6.27. The van der Waals surface area contributed by atoms with Crippen LogP contribution < -0.4 is 0 Å². The highest BCUT2D eigenvalue weighted by Gasteiger charge is 2.54. The molecule has 1 N–H and O–H groups in total. The predicted octanol–water partition coefficient (Wildman–Crippen LogP) is 4.45. The SMILES string of the molecule is C=C1S(=N)C(c2ccccc2)N(S(=O)(=O)c2ccccc2)C1(C)CC. The molecule has 4 nitrogen and oxygen atoms in total. The van der Waals surface area contributed by atoms with Gasteiger partial charge in [-0.3, -0.25) is 4.78 Å². The van der Waals surface area contributed by atoms with E-state index < -0.39 is 31.6 Å². The Bertz CT molecular complexity index is 911. The Hall–Kier alpha value is -1.76. The molecule has 6 heteroatoms. The van der Waals surface area contributed by atoms with E-state index in [1.807, 2.05) is 44.2 Å². The van der Waals surface area contributed by atoms with Crippen molar-refractivity contribution >= 4 is 20.7 Å². The molecular formula is C19H22N2O2S2. The highest BCUT2D eigenvalue weighted by molar-refractivity contribution is 7.94. The molecule has 3 rings (SSSR count). The zero-order chi connectivity index (χ0) is 18.2. The molecule has 0 saturated carbocycles. The average Bonchev–Trinajstić information content (AvgIpc) is 2.85. The van der Waals surface area contributed by atoms with E-state index in [4.69, 9.17) is 4.78 Å². The lowest BCUT2D eigenvalue weighted by Crippen LogP contribution is -2.46. The summed E-state index contributed by atoms with van der Waals surface area (Å²) in [6, 6.07) is 17.9. The monoisotopic (exact) mass is 374 g/mol. The number of hydrogen-bond acceptors (Lipinski definition) is 3. The Labute approximate surface area is 152 Å². The van der Waals surface area contributed by atoms with Gasteiger partial charge in [0.05, 0.1) is 10.4 Å². The summed E-state index contributed by atoms with van der Waals surface area (Å²) < 4.78 is 37.2. The molecule has 3 atom stereocenters. The standard InChI is InChI=1S/C19H22N2O2S2/c1-4-19(3)15(2)24(20)18(16-11-7-5-8-12-16)21(19)25(22,23)17-13-9-6-10-14-17/h5-14,18,20H,2,4H2,1,3H3. The summed E-state index contributed by atoms with van der Waals surface area (Å²) in [6.45, 7) is 7.94. The second kappa shape index (κ2) is 6.52. The molecule has 1 aliphatic rings. The minimum atomic E-state index is -3.76. The van der Waals surface area contributed by atoms with Gasteiger partial charge in [0, 0.05) is 4.91 Å². The molecule has 0 amide bonds. The van der Waals surface area contributed by atoms with E-state index >= 15 is 0 Å². The Balaban J connectivity index is 2.24. The van der Waals surface area contributed by atoms with Crippen LogP contribution in [0.1, 0.15) is 31.2 Å². The fraction of sp³-hybridized carbons (Fsp3) is 0.263. The third-order valence-corrected chi connectivity index (χ3v) is 8.90. The zero-order valence-electron chi connectivity index (χ0n) is 14.3. The first-order valence-corrected chi connectivity index (χ1v) is 10.8. The molecule has 3 unspecified atom stereocenters. The van der Waals surface area contributed by atoms with Crippen LogP contribution >= 0.6 is 0 Å². The smallest absolute Gasteiger partial charge is 0.245 e. The molecule has 0 bridgehead atoms. The third-order valence-electron chi connectivity index (χ3n) is 4.86. The molecule has 1 aliphatic heterocycles. The number of benzene rings is 2. The molecule has 2 aromatic rings. The van der Waals surface area contributed by atoms with Crippen LogP contribution in [0.3, 0.4) is 0 Å². The molecule has 0 spiro atoms. The predicted molar refractivity (Wildman–Crippen MR) is 103 cm³/mol. The largest absolute Gasteiger partial charge is 0.274 e. The summed E-state index contributed by atoms with van der Waals surface area (Å²) in [7, 11) is -4.79. The number of nitrogens with one attached hydrogen (secondary N) is 1. The van der Waals surface area contributed by atoms with Crippen LogP contribution in [-0.4, -0.2) is 18.3 Å². The lowest BCUT2D eigenvalue weighted by atomic mass is 9.98. The van der Waals surface area contributed by atoms with Crippen molar-refractivity contribution in [1.29, 1.82) is 4.78 Å². The maximum atomic E-state index is 13.5. The quantitative estimate of drug-likeness (QED) is 0.859. The lowest BCUT2D eigenvalue weighted by molar-refractivity contribution is 0.252. The highest BCUT2D eigenvalue weighted by Crippen LogP contribution is 2.50. The van der Waals surface area contributed by atoms with Crippen molar-refractivity contribution in [2.75, 3.05) is 0 Å². The van der Waals surface area contributed by atoms with Crippen LogP contribution in [0.25, 0.3) is 0 Å². The summed E-state index contributed by atoms with van der Waals surface area (Å²) in [6.07, 6.45) is 0.573. The minimum Gasteiger partial charge on any atom is -0.274 e. The first kappa shape index (κ1) is 18.0. The van der Waals surface area contributed by atoms with Gasteiger partial charge in [0.15, 0.2) is 0 Å². The second-order valence-corrected chi connectivity index (χ2v) is 9.70. The van der Waals surface area contributed by atoms with Crippen molar-refractivity contribution in [1.82, 2.24) is 4.31 Å². The van der Waals surface area contributed by atoms with Crippen LogP contribution in [0.4, 0.5) is 0 Å². The normalized spacial score (nSPS) is 27.5. The van der Waals surface area contributed by atoms with E-state index in [1.165, 1.54) is 4.31 Å². The Morgan fingerprint density at radius 1 is 1.12 bits per heavy atom. The number of nitrogens with zero attached hydrogens (tertiary/aromatic N) is 1. The Kier molecular flexibility index (Phi) is 4.70. The number of hydrogen-bond donors (Lipinski definition) is 1. The van der Waals surface area contributed by atoms with Gasteiger partial charge in [0.2, 0.25) is 10.0 Å². The van der Waals surface area contributed by atoms with Gasteiger partial charge in [0.25, 0.3) is 0 Å². The summed E-state index contributed by atoms with van der Waals surface area (Å²) in [5, 5.41) is -0.552. The molecule has 0 aliphatic carbocycles. The van der Waals surface area contributed by atoms with E-state index in [9.17, 15) is 8.42 Å². The summed E-state index contributed by atoms with van der Waals surface area (Å²) in [5.74, 6) is 0. The molecular weight excluding hydrogens is 352 g/mol. The Morgan fingerprint density at radius 3 is 2.16 bits per heavy atom. The van der Waals surface area contributed by atoms with Gasteiger partial charge in [-0.1, -0.05) is 72.7 Å². The van der Waals surface area contributed by atoms with E-state index in [0.29, 0.717) is 11.3 Å². The van der Waals surface area contributed by atoms with Gasteiger partial charge < -0.3 is 0 Å². The molecule has 25 heavy (non-hydrogen) atoms. The topological polar surface area (TPSA) is 61.2 Å². The van der Waals surface area contributed by atoms with Gasteiger partial charge >= 0.3 is 0 Å². The summed E-state index contributed by atoms with van der Waals surface area (Å²) >= 11 is 0. The fourth-order valence-electron chi connectivity index (χ4n) is 3.19. The number of sulfonamides is 1. The van der Waals surface area contributed by atoms with Crippen LogP contribution in [0, 0.1) is 4.78 Å². The van der Waals surface area contributed by atoms with Crippen molar-refractivity contribution in [2.24, 2.45) is 0 Å². The van der Waals surface area contributed by atoms with Crippen molar-refractivity contribution < 1.29 is 8.42 Å². The maximum absolute atomic E-state index is 13.5. The van der Waals surface area contributed by atoms with Gasteiger partial charge in [-0.05, 0) is 31.0 Å². The van der Waals surface area contributed by atoms with Gasteiger partial charge in [0.1, 0.15) is 5.37 Å². The van der Waals surface area contributed by atoms with Crippen LogP contribution in [0.5, 0.6) is 0 Å². The molecule has 132 valence electrons. The summed E-state index contributed by atoms with van der Waals surface area (Å²) in [5.41, 5.74) is 0.0544. The zero-order valence-corrected chi connectivity index (χ0v) is 16.0. The van der Waals surface area contributed by atoms with E-state index in [-0.39, 0.29) is 4.90 Å². The van der Waals surface area contributed by atoms with Crippen LogP contribution in [0.2, 0.25) is 0 Å². The molecule has 1 fully saturated rings. The lowest BCUT2D eigenvalue weighted by Gasteiger charge is -2.36. The van der Waals surface area contributed by atoms with Gasteiger partial charge in [-0.25, -0.2) is 8.42 Å². The third kappa shape index (κ3) is 2.78. The maximum Gasteiger partial charge on any atom is 0.245 e. The van der Waals surface area contributed by atoms with Crippen molar-refractivity contribution in [3.8, 4) is 0 Å². The van der Waals surface area contributed by atoms with E-state index in [0.717, 1.165) is 5.56 Å². The fourth-order valence-corrected chi connectivity index (χ4v) is 7.56. The first-order valence-electron chi connectivity index (χ1n) is 8.12. The molecule has 0 radical (unpaired) electrons. The van der Waals surface area contributed by atoms with E-state index in [2.05, 4.69) is 6.58 Å².